The van der Waals surface area contributed by atoms with Crippen LogP contribution in [0.2, 0.25) is 4.34 Å². The molecule has 1 aromatic carbocycles. The number of nitrogens with one attached hydrogen (secondary N) is 1. The molecule has 18 heavy (non-hydrogen) atoms. The Morgan fingerprint density at radius 3 is 3.00 bits per heavy atom. The van der Waals surface area contributed by atoms with Crippen LogP contribution in [0, 0.1) is 6.92 Å². The Balaban J connectivity index is 1.88. The minimum Gasteiger partial charge on any atom is -0.378 e. The maximum atomic E-state index is 6.14. The zero-order valence-corrected chi connectivity index (χ0v) is 11.9. The summed E-state index contributed by atoms with van der Waals surface area (Å²) in [5.74, 6) is 0. The van der Waals surface area contributed by atoms with E-state index in [9.17, 15) is 0 Å². The fourth-order valence-corrected chi connectivity index (χ4v) is 3.98. The topological polar surface area (TPSA) is 12.0 Å². The smallest absolute Gasteiger partial charge is 0.0934 e. The number of fused-ring (bicyclic) bond motifs is 1. The van der Waals surface area contributed by atoms with Gasteiger partial charge in [-0.3, -0.25) is 0 Å². The highest BCUT2D eigenvalue weighted by Crippen LogP contribution is 2.39. The molecule has 1 N–H and O–H groups in total. The lowest BCUT2D eigenvalue weighted by Gasteiger charge is -2.25. The van der Waals surface area contributed by atoms with Gasteiger partial charge < -0.3 is 5.32 Å². The highest BCUT2D eigenvalue weighted by atomic mass is 35.5. The van der Waals surface area contributed by atoms with E-state index in [0.717, 1.165) is 4.34 Å². The predicted molar refractivity (Wildman–Crippen MR) is 79.8 cm³/mol. The van der Waals surface area contributed by atoms with Crippen LogP contribution in [-0.4, -0.2) is 0 Å². The average molecular weight is 278 g/mol. The van der Waals surface area contributed by atoms with Crippen molar-refractivity contribution in [1.29, 1.82) is 0 Å². The number of rotatable bonds is 2. The summed E-state index contributed by atoms with van der Waals surface area (Å²) in [4.78, 5) is 1.46. The summed E-state index contributed by atoms with van der Waals surface area (Å²) in [7, 11) is 0. The lowest BCUT2D eigenvalue weighted by atomic mass is 9.93. The average Bonchev–Trinajstić information content (AvgIpc) is 2.73. The largest absolute Gasteiger partial charge is 0.378 e. The Hall–Kier alpha value is -0.990. The predicted octanol–water partition coefficient (Wildman–Crippen LogP) is 5.20. The highest BCUT2D eigenvalue weighted by Gasteiger charge is 2.22. The molecule has 1 heterocycles. The summed E-state index contributed by atoms with van der Waals surface area (Å²) in [6, 6.07) is 11.0. The molecule has 2 aromatic rings. The Morgan fingerprint density at radius 1 is 1.33 bits per heavy atom. The minimum absolute atomic E-state index is 0.415. The van der Waals surface area contributed by atoms with Crippen molar-refractivity contribution < 1.29 is 0 Å². The molecule has 94 valence electrons. The zero-order chi connectivity index (χ0) is 12.5. The van der Waals surface area contributed by atoms with Gasteiger partial charge in [-0.2, -0.15) is 0 Å². The van der Waals surface area contributed by atoms with Crippen LogP contribution in [0.5, 0.6) is 0 Å². The number of hydrogen-bond donors (Lipinski definition) is 1. The second kappa shape index (κ2) is 4.94. The van der Waals surface area contributed by atoms with Gasteiger partial charge >= 0.3 is 0 Å². The fourth-order valence-electron chi connectivity index (χ4n) is 2.59. The molecular weight excluding hydrogens is 262 g/mol. The van der Waals surface area contributed by atoms with Crippen LogP contribution in [0.4, 0.5) is 5.69 Å². The molecule has 1 unspecified atom stereocenters. The molecule has 0 saturated heterocycles. The molecule has 0 aliphatic heterocycles. The molecule has 3 heteroatoms. The molecule has 1 aromatic heterocycles. The van der Waals surface area contributed by atoms with E-state index in [1.165, 1.54) is 41.0 Å². The summed E-state index contributed by atoms with van der Waals surface area (Å²) in [6.07, 6.45) is 3.61. The summed E-state index contributed by atoms with van der Waals surface area (Å²) >= 11 is 7.88. The van der Waals surface area contributed by atoms with E-state index in [-0.39, 0.29) is 0 Å². The van der Waals surface area contributed by atoms with Gasteiger partial charge in [0.1, 0.15) is 0 Å². The molecule has 1 atom stereocenters. The standard InChI is InChI=1S/C15H16ClNS/c1-10-5-2-3-6-12(10)17-13-7-4-8-14-11(13)9-15(16)18-14/h2-3,5-6,9,13,17H,4,7-8H2,1H3. The number of anilines is 1. The zero-order valence-electron chi connectivity index (χ0n) is 10.4. The lowest BCUT2D eigenvalue weighted by Crippen LogP contribution is -2.16. The van der Waals surface area contributed by atoms with Gasteiger partial charge in [-0.1, -0.05) is 29.8 Å². The molecule has 0 bridgehead atoms. The van der Waals surface area contributed by atoms with E-state index in [1.54, 1.807) is 11.3 Å². The van der Waals surface area contributed by atoms with Gasteiger partial charge in [0.2, 0.25) is 0 Å². The summed E-state index contributed by atoms with van der Waals surface area (Å²) in [5, 5.41) is 3.67. The Bertz CT molecular complexity index is 561. The Labute approximate surface area is 117 Å². The normalized spacial score (nSPS) is 18.4. The van der Waals surface area contributed by atoms with E-state index in [2.05, 4.69) is 42.6 Å². The quantitative estimate of drug-likeness (QED) is 0.796. The van der Waals surface area contributed by atoms with Crippen molar-refractivity contribution in [1.82, 2.24) is 0 Å². The van der Waals surface area contributed by atoms with Gasteiger partial charge in [0.15, 0.2) is 0 Å². The second-order valence-electron chi connectivity index (χ2n) is 4.83. The molecule has 0 fully saturated rings. The first-order valence-electron chi connectivity index (χ1n) is 6.34. The maximum absolute atomic E-state index is 6.14. The van der Waals surface area contributed by atoms with Crippen LogP contribution in [0.15, 0.2) is 30.3 Å². The molecule has 3 rings (SSSR count). The van der Waals surface area contributed by atoms with E-state index in [1.807, 2.05) is 0 Å². The summed E-state index contributed by atoms with van der Waals surface area (Å²) < 4.78 is 0.915. The maximum Gasteiger partial charge on any atom is 0.0934 e. The van der Waals surface area contributed by atoms with Gasteiger partial charge in [0, 0.05) is 10.6 Å². The van der Waals surface area contributed by atoms with Crippen LogP contribution < -0.4 is 5.32 Å². The van der Waals surface area contributed by atoms with Gasteiger partial charge in [-0.05, 0) is 49.4 Å². The number of halogens is 1. The Morgan fingerprint density at radius 2 is 2.17 bits per heavy atom. The molecule has 0 amide bonds. The number of aryl methyl sites for hydroxylation is 2. The summed E-state index contributed by atoms with van der Waals surface area (Å²) in [5.41, 5.74) is 3.93. The first-order valence-corrected chi connectivity index (χ1v) is 7.54. The van der Waals surface area contributed by atoms with Crippen LogP contribution in [0.3, 0.4) is 0 Å². The Kier molecular flexibility index (Phi) is 3.31. The van der Waals surface area contributed by atoms with E-state index >= 15 is 0 Å². The SMILES string of the molecule is Cc1ccccc1NC1CCCc2sc(Cl)cc21. The molecule has 0 saturated carbocycles. The molecule has 1 aliphatic rings. The van der Waals surface area contributed by atoms with Gasteiger partial charge in [0.05, 0.1) is 10.4 Å². The first kappa shape index (κ1) is 12.1. The summed E-state index contributed by atoms with van der Waals surface area (Å²) in [6.45, 7) is 2.15. The first-order chi connectivity index (χ1) is 8.74. The highest BCUT2D eigenvalue weighted by molar-refractivity contribution is 7.16. The van der Waals surface area contributed by atoms with Crippen molar-refractivity contribution in [3.63, 3.8) is 0 Å². The van der Waals surface area contributed by atoms with Crippen molar-refractivity contribution in [2.45, 2.75) is 32.2 Å². The van der Waals surface area contributed by atoms with E-state index in [4.69, 9.17) is 11.6 Å². The fraction of sp³-hybridized carbons (Fsp3) is 0.333. The van der Waals surface area contributed by atoms with Crippen LogP contribution in [0.25, 0.3) is 0 Å². The van der Waals surface area contributed by atoms with Crippen LogP contribution >= 0.6 is 22.9 Å². The van der Waals surface area contributed by atoms with Crippen molar-refractivity contribution in [3.8, 4) is 0 Å². The van der Waals surface area contributed by atoms with Crippen molar-refractivity contribution in [2.24, 2.45) is 0 Å². The van der Waals surface area contributed by atoms with Crippen LogP contribution in [-0.2, 0) is 6.42 Å². The van der Waals surface area contributed by atoms with E-state index in [0.29, 0.717) is 6.04 Å². The molecule has 1 aliphatic carbocycles. The van der Waals surface area contributed by atoms with Crippen molar-refractivity contribution in [3.05, 3.63) is 50.7 Å². The lowest BCUT2D eigenvalue weighted by molar-refractivity contribution is 0.608. The van der Waals surface area contributed by atoms with Gasteiger partial charge in [0.25, 0.3) is 0 Å². The molecule has 0 radical (unpaired) electrons. The van der Waals surface area contributed by atoms with E-state index < -0.39 is 0 Å². The monoisotopic (exact) mass is 277 g/mol. The van der Waals surface area contributed by atoms with Crippen LogP contribution in [0.1, 0.15) is 34.9 Å². The van der Waals surface area contributed by atoms with Crippen molar-refractivity contribution in [2.75, 3.05) is 5.32 Å². The van der Waals surface area contributed by atoms with Crippen molar-refractivity contribution >= 4 is 28.6 Å². The molecular formula is C15H16ClNS. The third kappa shape index (κ3) is 2.27. The molecule has 1 nitrogen and oxygen atoms in total. The second-order valence-corrected chi connectivity index (χ2v) is 6.60. The number of para-hydroxylation sites is 1. The third-order valence-electron chi connectivity index (χ3n) is 3.56. The van der Waals surface area contributed by atoms with Gasteiger partial charge in [-0.25, -0.2) is 0 Å². The van der Waals surface area contributed by atoms with Gasteiger partial charge in [-0.15, -0.1) is 11.3 Å². The minimum atomic E-state index is 0.415. The number of thiophene rings is 1. The number of benzene rings is 1. The molecule has 0 spiro atoms. The third-order valence-corrected chi connectivity index (χ3v) is 4.90. The number of hydrogen-bond acceptors (Lipinski definition) is 2.